The standard InChI is InChI=1S/C21H22FN3O3/c22-11-15(12-23)14-28-18-6-7-19-16(10-18)8-9-25(21(19)27)13-20(26)24-17-4-2-1-3-5-17/h1-7,10-11H,8-9,12-14,23H2,(H,24,26)/b15-11-. The van der Waals surface area contributed by atoms with Crippen LogP contribution in [0.25, 0.3) is 0 Å². The van der Waals surface area contributed by atoms with E-state index in [1.54, 1.807) is 30.3 Å². The van der Waals surface area contributed by atoms with Crippen LogP contribution < -0.4 is 15.8 Å². The number of nitrogens with zero attached hydrogens (tertiary/aromatic N) is 1. The highest BCUT2D eigenvalue weighted by Gasteiger charge is 2.26. The number of halogens is 1. The van der Waals surface area contributed by atoms with Crippen molar-refractivity contribution in [1.82, 2.24) is 4.90 Å². The number of nitrogens with one attached hydrogen (secondary N) is 1. The van der Waals surface area contributed by atoms with E-state index in [2.05, 4.69) is 5.32 Å². The zero-order chi connectivity index (χ0) is 19.9. The lowest BCUT2D eigenvalue weighted by Gasteiger charge is -2.28. The van der Waals surface area contributed by atoms with Gasteiger partial charge in [0, 0.05) is 29.9 Å². The maximum absolute atomic E-state index is 12.7. The lowest BCUT2D eigenvalue weighted by Crippen LogP contribution is -2.42. The third-order valence-corrected chi connectivity index (χ3v) is 4.48. The number of carbonyl (C=O) groups is 2. The minimum Gasteiger partial charge on any atom is -0.489 e. The van der Waals surface area contributed by atoms with Gasteiger partial charge >= 0.3 is 0 Å². The Hall–Kier alpha value is -3.19. The van der Waals surface area contributed by atoms with Gasteiger partial charge in [-0.3, -0.25) is 9.59 Å². The number of hydrogen-bond donors (Lipinski definition) is 2. The molecule has 1 aliphatic heterocycles. The summed E-state index contributed by atoms with van der Waals surface area (Å²) >= 11 is 0. The number of amides is 2. The van der Waals surface area contributed by atoms with Crippen LogP contribution in [0, 0.1) is 0 Å². The molecule has 2 aromatic carbocycles. The molecule has 0 fully saturated rings. The molecular formula is C21H22FN3O3. The highest BCUT2D eigenvalue weighted by atomic mass is 19.1. The van der Waals surface area contributed by atoms with Gasteiger partial charge < -0.3 is 20.7 Å². The fraction of sp³-hybridized carbons (Fsp3) is 0.238. The summed E-state index contributed by atoms with van der Waals surface area (Å²) in [5.74, 6) is 0.118. The van der Waals surface area contributed by atoms with Crippen LogP contribution >= 0.6 is 0 Å². The molecule has 0 aromatic heterocycles. The number of anilines is 1. The molecule has 2 amide bonds. The Bertz CT molecular complexity index is 884. The number of nitrogens with two attached hydrogens (primary N) is 1. The topological polar surface area (TPSA) is 84.7 Å². The Morgan fingerprint density at radius 2 is 2.04 bits per heavy atom. The Morgan fingerprint density at radius 1 is 1.25 bits per heavy atom. The van der Waals surface area contributed by atoms with E-state index in [-0.39, 0.29) is 31.5 Å². The van der Waals surface area contributed by atoms with Crippen molar-refractivity contribution in [3.63, 3.8) is 0 Å². The number of fused-ring (bicyclic) bond motifs is 1. The second-order valence-electron chi connectivity index (χ2n) is 6.47. The monoisotopic (exact) mass is 383 g/mol. The van der Waals surface area contributed by atoms with Gasteiger partial charge in [0.1, 0.15) is 18.9 Å². The van der Waals surface area contributed by atoms with Crippen molar-refractivity contribution in [2.75, 3.05) is 31.6 Å². The molecule has 1 aliphatic rings. The summed E-state index contributed by atoms with van der Waals surface area (Å²) in [7, 11) is 0. The van der Waals surface area contributed by atoms with Crippen LogP contribution in [-0.2, 0) is 11.2 Å². The van der Waals surface area contributed by atoms with Crippen LogP contribution in [0.2, 0.25) is 0 Å². The maximum atomic E-state index is 12.7. The van der Waals surface area contributed by atoms with Crippen molar-refractivity contribution >= 4 is 17.5 Å². The third-order valence-electron chi connectivity index (χ3n) is 4.48. The third kappa shape index (κ3) is 4.75. The first kappa shape index (κ1) is 19.6. The fourth-order valence-electron chi connectivity index (χ4n) is 2.96. The molecular weight excluding hydrogens is 361 g/mol. The molecule has 3 rings (SSSR count). The molecule has 0 saturated heterocycles. The molecule has 6 nitrogen and oxygen atoms in total. The Balaban J connectivity index is 1.62. The van der Waals surface area contributed by atoms with Gasteiger partial charge in [0.25, 0.3) is 5.91 Å². The van der Waals surface area contributed by atoms with E-state index in [1.807, 2.05) is 18.2 Å². The highest BCUT2D eigenvalue weighted by molar-refractivity contribution is 6.01. The highest BCUT2D eigenvalue weighted by Crippen LogP contribution is 2.24. The van der Waals surface area contributed by atoms with E-state index in [0.717, 1.165) is 5.56 Å². The van der Waals surface area contributed by atoms with E-state index in [9.17, 15) is 14.0 Å². The van der Waals surface area contributed by atoms with Crippen LogP contribution in [0.1, 0.15) is 15.9 Å². The average Bonchev–Trinajstić information content (AvgIpc) is 2.71. The van der Waals surface area contributed by atoms with E-state index in [1.165, 1.54) is 4.90 Å². The van der Waals surface area contributed by atoms with Gasteiger partial charge in [-0.1, -0.05) is 18.2 Å². The van der Waals surface area contributed by atoms with Gasteiger partial charge in [-0.15, -0.1) is 0 Å². The summed E-state index contributed by atoms with van der Waals surface area (Å²) in [6.07, 6.45) is 1.06. The number of hydrogen-bond acceptors (Lipinski definition) is 4. The van der Waals surface area contributed by atoms with Gasteiger partial charge in [-0.2, -0.15) is 0 Å². The summed E-state index contributed by atoms with van der Waals surface area (Å²) in [5, 5.41) is 2.78. The first-order valence-corrected chi connectivity index (χ1v) is 8.99. The fourth-order valence-corrected chi connectivity index (χ4v) is 2.96. The molecule has 1 heterocycles. The normalized spacial score (nSPS) is 13.9. The molecule has 0 bridgehead atoms. The van der Waals surface area contributed by atoms with Crippen LogP contribution in [0.4, 0.5) is 10.1 Å². The molecule has 0 unspecified atom stereocenters. The van der Waals surface area contributed by atoms with E-state index in [0.29, 0.717) is 41.9 Å². The second-order valence-corrected chi connectivity index (χ2v) is 6.47. The molecule has 0 aliphatic carbocycles. The summed E-state index contributed by atoms with van der Waals surface area (Å²) in [5.41, 5.74) is 7.85. The largest absolute Gasteiger partial charge is 0.489 e. The van der Waals surface area contributed by atoms with Gasteiger partial charge in [-0.05, 0) is 42.3 Å². The van der Waals surface area contributed by atoms with E-state index >= 15 is 0 Å². The molecule has 146 valence electrons. The molecule has 0 radical (unpaired) electrons. The molecule has 7 heteroatoms. The zero-order valence-electron chi connectivity index (χ0n) is 15.4. The molecule has 0 saturated carbocycles. The average molecular weight is 383 g/mol. The number of rotatable bonds is 7. The van der Waals surface area contributed by atoms with Crippen molar-refractivity contribution in [3.8, 4) is 5.75 Å². The van der Waals surface area contributed by atoms with Crippen LogP contribution in [0.5, 0.6) is 5.75 Å². The van der Waals surface area contributed by atoms with Gasteiger partial charge in [0.15, 0.2) is 0 Å². The number of benzene rings is 2. The summed E-state index contributed by atoms with van der Waals surface area (Å²) in [6.45, 7) is 0.577. The Morgan fingerprint density at radius 3 is 2.75 bits per heavy atom. The van der Waals surface area contributed by atoms with Crippen LogP contribution in [0.15, 0.2) is 60.4 Å². The second kappa shape index (κ2) is 9.14. The SMILES string of the molecule is NC/C(=C/F)COc1ccc2c(c1)CCN(CC(=O)Nc1ccccc1)C2=O. The lowest BCUT2D eigenvalue weighted by molar-refractivity contribution is -0.116. The van der Waals surface area contributed by atoms with Crippen LogP contribution in [0.3, 0.4) is 0 Å². The van der Waals surface area contributed by atoms with Crippen molar-refractivity contribution < 1.29 is 18.7 Å². The van der Waals surface area contributed by atoms with Gasteiger partial charge in [0.2, 0.25) is 5.91 Å². The summed E-state index contributed by atoms with van der Waals surface area (Å²) in [4.78, 5) is 26.5. The van der Waals surface area contributed by atoms with Crippen molar-refractivity contribution in [2.45, 2.75) is 6.42 Å². The van der Waals surface area contributed by atoms with Crippen molar-refractivity contribution in [2.24, 2.45) is 5.73 Å². The molecule has 3 N–H and O–H groups in total. The Kier molecular flexibility index (Phi) is 6.39. The summed E-state index contributed by atoms with van der Waals surface area (Å²) < 4.78 is 18.1. The van der Waals surface area contributed by atoms with Crippen molar-refractivity contribution in [3.05, 3.63) is 71.6 Å². The smallest absolute Gasteiger partial charge is 0.254 e. The van der Waals surface area contributed by atoms with Gasteiger partial charge in [0.05, 0.1) is 6.33 Å². The van der Waals surface area contributed by atoms with E-state index < -0.39 is 0 Å². The van der Waals surface area contributed by atoms with Crippen LogP contribution in [-0.4, -0.2) is 43.0 Å². The quantitative estimate of drug-likeness (QED) is 0.769. The van der Waals surface area contributed by atoms with E-state index in [4.69, 9.17) is 10.5 Å². The number of para-hydroxylation sites is 1. The molecule has 2 aromatic rings. The predicted octanol–water partition coefficient (Wildman–Crippen LogP) is 2.51. The molecule has 28 heavy (non-hydrogen) atoms. The lowest BCUT2D eigenvalue weighted by atomic mass is 9.98. The Labute approximate surface area is 162 Å². The zero-order valence-corrected chi connectivity index (χ0v) is 15.4. The number of ether oxygens (including phenoxy) is 1. The first-order chi connectivity index (χ1) is 13.6. The molecule has 0 atom stereocenters. The minimum absolute atomic E-state index is 0.00737. The number of carbonyl (C=O) groups excluding carboxylic acids is 2. The maximum Gasteiger partial charge on any atom is 0.254 e. The predicted molar refractivity (Wildman–Crippen MR) is 105 cm³/mol. The van der Waals surface area contributed by atoms with Gasteiger partial charge in [-0.25, -0.2) is 4.39 Å². The molecule has 0 spiro atoms. The first-order valence-electron chi connectivity index (χ1n) is 8.99. The minimum atomic E-state index is -0.240. The summed E-state index contributed by atoms with van der Waals surface area (Å²) in [6, 6.07) is 14.2. The van der Waals surface area contributed by atoms with Crippen molar-refractivity contribution in [1.29, 1.82) is 0 Å².